The Balaban J connectivity index is 2.07. The average molecular weight is 277 g/mol. The molecule has 1 fully saturated rings. The molecular weight excluding hydrogens is 246 g/mol. The molecule has 0 amide bonds. The van der Waals surface area contributed by atoms with Gasteiger partial charge in [-0.25, -0.2) is 0 Å². The molecule has 20 heavy (non-hydrogen) atoms. The van der Waals surface area contributed by atoms with Crippen molar-refractivity contribution in [1.29, 1.82) is 0 Å². The summed E-state index contributed by atoms with van der Waals surface area (Å²) in [6, 6.07) is 2.32. The van der Waals surface area contributed by atoms with Gasteiger partial charge in [-0.05, 0) is 50.1 Å². The first-order valence-corrected chi connectivity index (χ1v) is 8.41. The predicted molar refractivity (Wildman–Crippen MR) is 85.0 cm³/mol. The van der Waals surface area contributed by atoms with Crippen molar-refractivity contribution in [2.24, 2.45) is 12.5 Å². The zero-order chi connectivity index (χ0) is 14.4. The van der Waals surface area contributed by atoms with Crippen LogP contribution in [0.25, 0.3) is 0 Å². The maximum Gasteiger partial charge on any atom is 0.0624 e. The van der Waals surface area contributed by atoms with E-state index in [1.54, 1.807) is 0 Å². The second kappa shape index (κ2) is 7.26. The van der Waals surface area contributed by atoms with E-state index >= 15 is 0 Å². The normalized spacial score (nSPS) is 18.4. The molecule has 0 spiro atoms. The van der Waals surface area contributed by atoms with E-state index in [0.717, 1.165) is 13.0 Å². The minimum atomic E-state index is 0.465. The van der Waals surface area contributed by atoms with Crippen LogP contribution in [-0.2, 0) is 19.9 Å². The van der Waals surface area contributed by atoms with Crippen LogP contribution >= 0.6 is 0 Å². The molecule has 1 heterocycles. The fourth-order valence-electron chi connectivity index (χ4n) is 3.54. The van der Waals surface area contributed by atoms with Crippen LogP contribution in [0.2, 0.25) is 0 Å². The molecule has 0 atom stereocenters. The van der Waals surface area contributed by atoms with E-state index in [0.29, 0.717) is 5.41 Å². The summed E-state index contributed by atoms with van der Waals surface area (Å²) in [6.07, 6.45) is 10.4. The van der Waals surface area contributed by atoms with E-state index in [1.807, 2.05) is 0 Å². The number of aryl methyl sites for hydroxylation is 2. The lowest BCUT2D eigenvalue weighted by atomic mass is 9.71. The second-order valence-electron chi connectivity index (χ2n) is 6.52. The third kappa shape index (κ3) is 3.85. The van der Waals surface area contributed by atoms with Gasteiger partial charge in [0.2, 0.25) is 0 Å². The van der Waals surface area contributed by atoms with Crippen molar-refractivity contribution in [3.63, 3.8) is 0 Å². The van der Waals surface area contributed by atoms with E-state index in [9.17, 15) is 0 Å². The highest BCUT2D eigenvalue weighted by Crippen LogP contribution is 2.38. The summed E-state index contributed by atoms with van der Waals surface area (Å²) in [5, 5.41) is 8.29. The van der Waals surface area contributed by atoms with Crippen LogP contribution in [0.5, 0.6) is 0 Å². The topological polar surface area (TPSA) is 29.9 Å². The monoisotopic (exact) mass is 277 g/mol. The van der Waals surface area contributed by atoms with Crippen LogP contribution in [0.3, 0.4) is 0 Å². The van der Waals surface area contributed by atoms with Crippen LogP contribution in [0, 0.1) is 5.41 Å². The Morgan fingerprint density at radius 2 is 2.00 bits per heavy atom. The second-order valence-corrected chi connectivity index (χ2v) is 6.52. The fraction of sp³-hybridized carbons (Fsp3) is 0.824. The number of aromatic nitrogens is 2. The average Bonchev–Trinajstić information content (AvgIpc) is 2.80. The molecule has 1 N–H and O–H groups in total. The number of rotatable bonds is 7. The minimum absolute atomic E-state index is 0.465. The van der Waals surface area contributed by atoms with Crippen molar-refractivity contribution in [3.05, 3.63) is 17.5 Å². The molecule has 0 aromatic carbocycles. The lowest BCUT2D eigenvalue weighted by Gasteiger charge is -2.37. The number of hydrogen-bond donors (Lipinski definition) is 1. The molecule has 1 saturated carbocycles. The van der Waals surface area contributed by atoms with Gasteiger partial charge >= 0.3 is 0 Å². The summed E-state index contributed by atoms with van der Waals surface area (Å²) in [7, 11) is 2.10. The van der Waals surface area contributed by atoms with Gasteiger partial charge < -0.3 is 5.32 Å². The van der Waals surface area contributed by atoms with Crippen LogP contribution in [0.1, 0.15) is 63.8 Å². The Morgan fingerprint density at radius 3 is 2.60 bits per heavy atom. The van der Waals surface area contributed by atoms with E-state index < -0.39 is 0 Å². The van der Waals surface area contributed by atoms with Crippen LogP contribution < -0.4 is 5.32 Å². The van der Waals surface area contributed by atoms with Crippen molar-refractivity contribution in [1.82, 2.24) is 15.1 Å². The maximum absolute atomic E-state index is 4.62. The van der Waals surface area contributed by atoms with Gasteiger partial charge in [-0.2, -0.15) is 5.10 Å². The van der Waals surface area contributed by atoms with Gasteiger partial charge in [-0.1, -0.05) is 33.1 Å². The van der Waals surface area contributed by atoms with E-state index in [-0.39, 0.29) is 0 Å². The molecule has 0 radical (unpaired) electrons. The first kappa shape index (κ1) is 15.6. The van der Waals surface area contributed by atoms with Crippen molar-refractivity contribution < 1.29 is 0 Å². The van der Waals surface area contributed by atoms with Gasteiger partial charge in [0.05, 0.1) is 5.69 Å². The smallest absolute Gasteiger partial charge is 0.0624 e. The zero-order valence-electron chi connectivity index (χ0n) is 13.5. The lowest BCUT2D eigenvalue weighted by molar-refractivity contribution is 0.177. The molecule has 1 aromatic rings. The molecule has 3 nitrogen and oxygen atoms in total. The van der Waals surface area contributed by atoms with Crippen LogP contribution in [0.4, 0.5) is 0 Å². The van der Waals surface area contributed by atoms with Crippen molar-refractivity contribution in [3.8, 4) is 0 Å². The van der Waals surface area contributed by atoms with E-state index in [4.69, 9.17) is 0 Å². The number of nitrogens with zero attached hydrogens (tertiary/aromatic N) is 2. The summed E-state index contributed by atoms with van der Waals surface area (Å²) >= 11 is 0. The molecule has 1 aliphatic carbocycles. The SMILES string of the molecule is CCCNCC1(Cc2cc(CC)nn2C)CCCCC1. The van der Waals surface area contributed by atoms with Gasteiger partial charge in [0.25, 0.3) is 0 Å². The third-order valence-electron chi connectivity index (χ3n) is 4.79. The largest absolute Gasteiger partial charge is 0.316 e. The molecule has 0 aliphatic heterocycles. The van der Waals surface area contributed by atoms with Gasteiger partial charge in [0, 0.05) is 19.3 Å². The van der Waals surface area contributed by atoms with Gasteiger partial charge in [-0.15, -0.1) is 0 Å². The molecule has 1 aromatic heterocycles. The summed E-state index contributed by atoms with van der Waals surface area (Å²) in [6.45, 7) is 6.75. The third-order valence-corrected chi connectivity index (χ3v) is 4.79. The minimum Gasteiger partial charge on any atom is -0.316 e. The Morgan fingerprint density at radius 1 is 1.25 bits per heavy atom. The fourth-order valence-corrected chi connectivity index (χ4v) is 3.54. The summed E-state index contributed by atoms with van der Waals surface area (Å²) in [4.78, 5) is 0. The van der Waals surface area contributed by atoms with E-state index in [1.165, 1.54) is 62.9 Å². The molecule has 3 heteroatoms. The molecule has 1 aliphatic rings. The molecule has 114 valence electrons. The van der Waals surface area contributed by atoms with Crippen LogP contribution in [0.15, 0.2) is 6.07 Å². The maximum atomic E-state index is 4.62. The Labute approximate surface area is 124 Å². The first-order chi connectivity index (χ1) is 9.69. The number of hydrogen-bond acceptors (Lipinski definition) is 2. The Bertz CT molecular complexity index is 402. The molecule has 2 rings (SSSR count). The number of nitrogens with one attached hydrogen (secondary N) is 1. The summed E-state index contributed by atoms with van der Waals surface area (Å²) in [5.74, 6) is 0. The molecule has 0 unspecified atom stereocenters. The van der Waals surface area contributed by atoms with Crippen molar-refractivity contribution >= 4 is 0 Å². The standard InChI is InChI=1S/C17H31N3/c1-4-11-18-14-17(9-7-6-8-10-17)13-16-12-15(5-2)19-20(16)3/h12,18H,4-11,13-14H2,1-3H3. The first-order valence-electron chi connectivity index (χ1n) is 8.41. The molecule has 0 saturated heterocycles. The summed E-state index contributed by atoms with van der Waals surface area (Å²) in [5.41, 5.74) is 3.11. The Kier molecular flexibility index (Phi) is 5.64. The van der Waals surface area contributed by atoms with Gasteiger partial charge in [-0.3, -0.25) is 4.68 Å². The van der Waals surface area contributed by atoms with Gasteiger partial charge in [0.15, 0.2) is 0 Å². The van der Waals surface area contributed by atoms with Gasteiger partial charge in [0.1, 0.15) is 0 Å². The zero-order valence-corrected chi connectivity index (χ0v) is 13.5. The van der Waals surface area contributed by atoms with Crippen LogP contribution in [-0.4, -0.2) is 22.9 Å². The predicted octanol–water partition coefficient (Wildman–Crippen LogP) is 3.48. The molecule has 0 bridgehead atoms. The molecular formula is C17H31N3. The lowest BCUT2D eigenvalue weighted by Crippen LogP contribution is -2.38. The van der Waals surface area contributed by atoms with E-state index in [2.05, 4.69) is 42.1 Å². The Hall–Kier alpha value is -0.830. The summed E-state index contributed by atoms with van der Waals surface area (Å²) < 4.78 is 2.11. The quantitative estimate of drug-likeness (QED) is 0.773. The van der Waals surface area contributed by atoms with Crippen molar-refractivity contribution in [2.75, 3.05) is 13.1 Å². The van der Waals surface area contributed by atoms with Crippen molar-refractivity contribution in [2.45, 2.75) is 65.2 Å². The highest BCUT2D eigenvalue weighted by molar-refractivity contribution is 5.13. The highest BCUT2D eigenvalue weighted by atomic mass is 15.3. The highest BCUT2D eigenvalue weighted by Gasteiger charge is 2.32.